The van der Waals surface area contributed by atoms with Gasteiger partial charge < -0.3 is 15.2 Å². The highest BCUT2D eigenvalue weighted by Crippen LogP contribution is 2.03. The van der Waals surface area contributed by atoms with Gasteiger partial charge in [0.15, 0.2) is 0 Å². The van der Waals surface area contributed by atoms with E-state index in [0.717, 1.165) is 22.6 Å². The third-order valence-corrected chi connectivity index (χ3v) is 4.47. The van der Waals surface area contributed by atoms with Crippen molar-refractivity contribution in [3.63, 3.8) is 0 Å². The second-order valence-electron chi connectivity index (χ2n) is 5.55. The van der Waals surface area contributed by atoms with Gasteiger partial charge in [0.1, 0.15) is 5.82 Å². The van der Waals surface area contributed by atoms with E-state index < -0.39 is 0 Å². The molecule has 0 aliphatic heterocycles. The van der Waals surface area contributed by atoms with E-state index in [1.165, 1.54) is 12.1 Å². The molecule has 25 heavy (non-hydrogen) atoms. The fraction of sp³-hybridized carbons (Fsp3) is 0.353. The van der Waals surface area contributed by atoms with E-state index in [0.29, 0.717) is 19.6 Å². The molecule has 0 spiro atoms. The molecule has 1 heterocycles. The van der Waals surface area contributed by atoms with Crippen molar-refractivity contribution in [3.05, 3.63) is 56.4 Å². The Kier molecular flexibility index (Phi) is 6.88. The molecule has 2 amide bonds. The summed E-state index contributed by atoms with van der Waals surface area (Å²) in [6.45, 7) is 2.79. The van der Waals surface area contributed by atoms with E-state index in [1.807, 2.05) is 6.92 Å². The molecule has 1 aromatic heterocycles. The maximum Gasteiger partial charge on any atom is 0.307 e. The van der Waals surface area contributed by atoms with E-state index in [9.17, 15) is 18.8 Å². The predicted molar refractivity (Wildman–Crippen MR) is 94.1 cm³/mol. The fourth-order valence-electron chi connectivity index (χ4n) is 2.23. The summed E-state index contributed by atoms with van der Waals surface area (Å²) in [5, 5.41) is 7.14. The third-order valence-electron chi connectivity index (χ3n) is 3.59. The lowest BCUT2D eigenvalue weighted by Gasteiger charge is -2.08. The molecule has 0 saturated heterocycles. The van der Waals surface area contributed by atoms with Crippen LogP contribution in [0, 0.1) is 12.7 Å². The second-order valence-corrected chi connectivity index (χ2v) is 6.37. The Hall–Kier alpha value is -2.48. The zero-order chi connectivity index (χ0) is 18.2. The first kappa shape index (κ1) is 18.9. The zero-order valence-electron chi connectivity index (χ0n) is 13.9. The normalized spacial score (nSPS) is 10.5. The number of aryl methyl sites for hydroxylation is 1. The summed E-state index contributed by atoms with van der Waals surface area (Å²) in [5.41, 5.74) is 1.57. The number of halogens is 1. The van der Waals surface area contributed by atoms with Gasteiger partial charge in [-0.2, -0.15) is 0 Å². The number of amides is 2. The van der Waals surface area contributed by atoms with Crippen LogP contribution in [0.4, 0.5) is 4.39 Å². The molecule has 0 unspecified atom stereocenters. The molecule has 2 aromatic rings. The summed E-state index contributed by atoms with van der Waals surface area (Å²) in [6, 6.07) is 5.74. The Morgan fingerprint density at radius 1 is 1.12 bits per heavy atom. The Balaban J connectivity index is 1.62. The van der Waals surface area contributed by atoms with Crippen LogP contribution in [0.15, 0.2) is 34.4 Å². The molecule has 0 aliphatic carbocycles. The summed E-state index contributed by atoms with van der Waals surface area (Å²) in [4.78, 5) is 35.0. The number of nitrogens with one attached hydrogen (secondary N) is 2. The molecule has 8 heteroatoms. The van der Waals surface area contributed by atoms with Crippen molar-refractivity contribution < 1.29 is 14.0 Å². The highest BCUT2D eigenvalue weighted by atomic mass is 32.1. The highest BCUT2D eigenvalue weighted by molar-refractivity contribution is 7.07. The third kappa shape index (κ3) is 6.15. The molecule has 134 valence electrons. The van der Waals surface area contributed by atoms with Gasteiger partial charge >= 0.3 is 4.87 Å². The summed E-state index contributed by atoms with van der Waals surface area (Å²) in [5.74, 6) is -0.710. The SMILES string of the molecule is Cc1csc(=O)n1CCC(=O)NCCNC(=O)Cc1ccc(F)cc1. The Morgan fingerprint density at radius 3 is 2.36 bits per heavy atom. The Labute approximate surface area is 148 Å². The summed E-state index contributed by atoms with van der Waals surface area (Å²) in [6.07, 6.45) is 0.371. The van der Waals surface area contributed by atoms with E-state index >= 15 is 0 Å². The molecule has 0 aliphatic rings. The van der Waals surface area contributed by atoms with E-state index in [2.05, 4.69) is 10.6 Å². The van der Waals surface area contributed by atoms with Gasteiger partial charge in [-0.15, -0.1) is 0 Å². The van der Waals surface area contributed by atoms with Crippen LogP contribution in [0.1, 0.15) is 17.7 Å². The van der Waals surface area contributed by atoms with Gasteiger partial charge in [-0.3, -0.25) is 14.4 Å². The van der Waals surface area contributed by atoms with Crippen molar-refractivity contribution in [1.82, 2.24) is 15.2 Å². The van der Waals surface area contributed by atoms with Gasteiger partial charge in [0.05, 0.1) is 6.42 Å². The minimum Gasteiger partial charge on any atom is -0.354 e. The smallest absolute Gasteiger partial charge is 0.307 e. The van der Waals surface area contributed by atoms with Crippen LogP contribution >= 0.6 is 11.3 Å². The number of carbonyl (C=O) groups excluding carboxylic acids is 2. The standard InChI is InChI=1S/C17H20FN3O3S/c1-12-11-25-17(24)21(12)9-6-15(22)19-7-8-20-16(23)10-13-2-4-14(18)5-3-13/h2-5,11H,6-10H2,1H3,(H,19,22)(H,20,23). The van der Waals surface area contributed by atoms with Crippen molar-refractivity contribution in [2.75, 3.05) is 13.1 Å². The largest absolute Gasteiger partial charge is 0.354 e. The van der Waals surface area contributed by atoms with E-state index in [-0.39, 0.29) is 35.3 Å². The summed E-state index contributed by atoms with van der Waals surface area (Å²) >= 11 is 1.12. The first-order chi connectivity index (χ1) is 12.0. The van der Waals surface area contributed by atoms with Crippen LogP contribution in [0.5, 0.6) is 0 Å². The number of hydrogen-bond donors (Lipinski definition) is 2. The Morgan fingerprint density at radius 2 is 1.76 bits per heavy atom. The minimum absolute atomic E-state index is 0.0710. The maximum atomic E-state index is 12.8. The average molecular weight is 365 g/mol. The average Bonchev–Trinajstić information content (AvgIpc) is 2.90. The molecule has 1 aromatic carbocycles. The molecular weight excluding hydrogens is 345 g/mol. The lowest BCUT2D eigenvalue weighted by Crippen LogP contribution is -2.35. The van der Waals surface area contributed by atoms with Gasteiger partial charge in [0.25, 0.3) is 0 Å². The van der Waals surface area contributed by atoms with Crippen molar-refractivity contribution in [1.29, 1.82) is 0 Å². The second kappa shape index (κ2) is 9.12. The van der Waals surface area contributed by atoms with Crippen LogP contribution in [-0.4, -0.2) is 29.5 Å². The number of carbonyl (C=O) groups is 2. The quantitative estimate of drug-likeness (QED) is 0.691. The minimum atomic E-state index is -0.341. The summed E-state index contributed by atoms with van der Waals surface area (Å²) < 4.78 is 14.4. The van der Waals surface area contributed by atoms with Gasteiger partial charge in [0, 0.05) is 37.1 Å². The monoisotopic (exact) mass is 365 g/mol. The van der Waals surface area contributed by atoms with Crippen LogP contribution in [0.25, 0.3) is 0 Å². The predicted octanol–water partition coefficient (Wildman–Crippen LogP) is 1.22. The zero-order valence-corrected chi connectivity index (χ0v) is 14.7. The Bertz CT molecular complexity index is 783. The first-order valence-corrected chi connectivity index (χ1v) is 8.76. The lowest BCUT2D eigenvalue weighted by atomic mass is 10.1. The van der Waals surface area contributed by atoms with Crippen molar-refractivity contribution >= 4 is 23.2 Å². The molecule has 0 saturated carbocycles. The number of thiazole rings is 1. The molecule has 0 fully saturated rings. The highest BCUT2D eigenvalue weighted by Gasteiger charge is 2.07. The molecular formula is C17H20FN3O3S. The molecule has 0 bridgehead atoms. The maximum absolute atomic E-state index is 12.8. The van der Waals surface area contributed by atoms with Gasteiger partial charge in [0.2, 0.25) is 11.8 Å². The van der Waals surface area contributed by atoms with Crippen LogP contribution in [0.3, 0.4) is 0 Å². The van der Waals surface area contributed by atoms with Gasteiger partial charge in [-0.05, 0) is 24.6 Å². The molecule has 6 nitrogen and oxygen atoms in total. The topological polar surface area (TPSA) is 80.2 Å². The molecule has 0 atom stereocenters. The number of nitrogens with zero attached hydrogens (tertiary/aromatic N) is 1. The fourth-order valence-corrected chi connectivity index (χ4v) is 2.99. The lowest BCUT2D eigenvalue weighted by molar-refractivity contribution is -0.122. The van der Waals surface area contributed by atoms with E-state index in [1.54, 1.807) is 22.1 Å². The van der Waals surface area contributed by atoms with Crippen molar-refractivity contribution in [3.8, 4) is 0 Å². The first-order valence-electron chi connectivity index (χ1n) is 7.88. The van der Waals surface area contributed by atoms with Crippen LogP contribution in [0.2, 0.25) is 0 Å². The van der Waals surface area contributed by atoms with Gasteiger partial charge in [-0.25, -0.2) is 4.39 Å². The number of aromatic nitrogens is 1. The molecule has 2 rings (SSSR count). The number of benzene rings is 1. The summed E-state index contributed by atoms with van der Waals surface area (Å²) in [7, 11) is 0. The van der Waals surface area contributed by atoms with Crippen molar-refractivity contribution in [2.24, 2.45) is 0 Å². The van der Waals surface area contributed by atoms with Crippen LogP contribution < -0.4 is 15.5 Å². The van der Waals surface area contributed by atoms with Crippen LogP contribution in [-0.2, 0) is 22.6 Å². The molecule has 2 N–H and O–H groups in total. The van der Waals surface area contributed by atoms with Crippen molar-refractivity contribution in [2.45, 2.75) is 26.3 Å². The van der Waals surface area contributed by atoms with E-state index in [4.69, 9.17) is 0 Å². The number of hydrogen-bond acceptors (Lipinski definition) is 4. The number of rotatable bonds is 8. The van der Waals surface area contributed by atoms with Gasteiger partial charge in [-0.1, -0.05) is 23.5 Å². The molecule has 0 radical (unpaired) electrons.